The van der Waals surface area contributed by atoms with E-state index >= 15 is 0 Å². The molecular weight excluding hydrogens is 254 g/mol. The fraction of sp³-hybridized carbons (Fsp3) is 0.562. The second-order valence-electron chi connectivity index (χ2n) is 5.13. The van der Waals surface area contributed by atoms with Gasteiger partial charge in [-0.25, -0.2) is 4.79 Å². The molecule has 0 fully saturated rings. The number of benzene rings is 1. The number of esters is 1. The van der Waals surface area contributed by atoms with E-state index in [-0.39, 0.29) is 12.0 Å². The number of hydrogen-bond donors (Lipinski definition) is 1. The van der Waals surface area contributed by atoms with Crippen molar-refractivity contribution in [3.05, 3.63) is 29.3 Å². The first-order valence-corrected chi connectivity index (χ1v) is 7.34. The maximum absolute atomic E-state index is 12.2. The predicted molar refractivity (Wildman–Crippen MR) is 77.9 cm³/mol. The first-order chi connectivity index (χ1) is 9.65. The molecule has 0 saturated carbocycles. The normalized spacial score (nSPS) is 16.1. The molecule has 1 aromatic carbocycles. The fourth-order valence-corrected chi connectivity index (χ4v) is 2.31. The van der Waals surface area contributed by atoms with Gasteiger partial charge >= 0.3 is 5.97 Å². The van der Waals surface area contributed by atoms with E-state index in [1.165, 1.54) is 5.56 Å². The molecule has 1 heterocycles. The molecule has 1 aliphatic rings. The van der Waals surface area contributed by atoms with Crippen molar-refractivity contribution in [1.29, 1.82) is 0 Å². The van der Waals surface area contributed by atoms with Gasteiger partial charge in [0.05, 0.1) is 13.2 Å². The van der Waals surface area contributed by atoms with E-state index in [9.17, 15) is 4.79 Å². The molecule has 0 bridgehead atoms. The lowest BCUT2D eigenvalue weighted by Gasteiger charge is -2.22. The minimum atomic E-state index is -0.407. The fourth-order valence-electron chi connectivity index (χ4n) is 2.31. The Balaban J connectivity index is 2.23. The Morgan fingerprint density at radius 1 is 1.45 bits per heavy atom. The molecule has 2 atom stereocenters. The van der Waals surface area contributed by atoms with Crippen LogP contribution in [-0.4, -0.2) is 25.2 Å². The molecule has 4 nitrogen and oxygen atoms in total. The summed E-state index contributed by atoms with van der Waals surface area (Å²) in [5.41, 5.74) is 2.12. The molecule has 1 N–H and O–H groups in total. The summed E-state index contributed by atoms with van der Waals surface area (Å²) >= 11 is 0. The van der Waals surface area contributed by atoms with Gasteiger partial charge in [0.15, 0.2) is 0 Å². The van der Waals surface area contributed by atoms with Crippen molar-refractivity contribution < 1.29 is 14.3 Å². The van der Waals surface area contributed by atoms with Crippen molar-refractivity contribution in [1.82, 2.24) is 5.32 Å². The summed E-state index contributed by atoms with van der Waals surface area (Å²) in [7, 11) is 0. The summed E-state index contributed by atoms with van der Waals surface area (Å²) in [4.78, 5) is 12.2. The Hall–Kier alpha value is -1.55. The number of hydrogen-bond acceptors (Lipinski definition) is 4. The molecule has 1 aromatic rings. The van der Waals surface area contributed by atoms with Crippen LogP contribution in [-0.2, 0) is 16.0 Å². The molecule has 2 unspecified atom stereocenters. The van der Waals surface area contributed by atoms with Crippen molar-refractivity contribution in [2.45, 2.75) is 45.7 Å². The van der Waals surface area contributed by atoms with Crippen LogP contribution in [0.5, 0.6) is 5.75 Å². The van der Waals surface area contributed by atoms with Crippen molar-refractivity contribution >= 4 is 5.97 Å². The molecule has 0 aromatic heterocycles. The Morgan fingerprint density at radius 3 is 2.95 bits per heavy atom. The minimum Gasteiger partial charge on any atom is -0.493 e. The van der Waals surface area contributed by atoms with Gasteiger partial charge in [0.2, 0.25) is 0 Å². The number of carbonyl (C=O) groups is 1. The average molecular weight is 277 g/mol. The van der Waals surface area contributed by atoms with Crippen molar-refractivity contribution in [3.8, 4) is 5.75 Å². The first-order valence-electron chi connectivity index (χ1n) is 7.34. The number of fused-ring (bicyclic) bond motifs is 1. The molecule has 20 heavy (non-hydrogen) atoms. The second kappa shape index (κ2) is 6.75. The van der Waals surface area contributed by atoms with Crippen LogP contribution in [0.4, 0.5) is 0 Å². The molecule has 0 spiro atoms. The van der Waals surface area contributed by atoms with Crippen LogP contribution in [0.2, 0.25) is 0 Å². The Morgan fingerprint density at radius 2 is 2.25 bits per heavy atom. The van der Waals surface area contributed by atoms with E-state index in [1.54, 1.807) is 0 Å². The highest BCUT2D eigenvalue weighted by atomic mass is 16.5. The van der Waals surface area contributed by atoms with Crippen LogP contribution in [0.3, 0.4) is 0 Å². The lowest BCUT2D eigenvalue weighted by Crippen LogP contribution is -2.36. The highest BCUT2D eigenvalue weighted by Gasteiger charge is 2.25. The monoisotopic (exact) mass is 277 g/mol. The third-order valence-corrected chi connectivity index (χ3v) is 3.63. The molecule has 4 heteroatoms. The molecule has 0 amide bonds. The van der Waals surface area contributed by atoms with Crippen LogP contribution in [0.1, 0.15) is 44.4 Å². The van der Waals surface area contributed by atoms with Gasteiger partial charge in [0.1, 0.15) is 11.8 Å². The van der Waals surface area contributed by atoms with Crippen LogP contribution in [0.25, 0.3) is 0 Å². The molecule has 110 valence electrons. The van der Waals surface area contributed by atoms with Crippen LogP contribution < -0.4 is 10.1 Å². The summed E-state index contributed by atoms with van der Waals surface area (Å²) < 4.78 is 10.7. The molecule has 0 radical (unpaired) electrons. The minimum absolute atomic E-state index is 0.216. The van der Waals surface area contributed by atoms with E-state index in [0.717, 1.165) is 30.8 Å². The largest absolute Gasteiger partial charge is 0.493 e. The van der Waals surface area contributed by atoms with Crippen LogP contribution in [0, 0.1) is 0 Å². The Kier molecular flexibility index (Phi) is 5.01. The van der Waals surface area contributed by atoms with Gasteiger partial charge in [-0.3, -0.25) is 5.32 Å². The molecule has 0 saturated heterocycles. The van der Waals surface area contributed by atoms with Crippen LogP contribution in [0.15, 0.2) is 18.2 Å². The standard InChI is InChI=1S/C16H23NO3/c1-4-11(3)17-15(16(18)19-5-2)13-6-7-14-12(10-13)8-9-20-14/h6-7,10-11,15,17H,4-5,8-9H2,1-3H3. The van der Waals surface area contributed by atoms with Crippen molar-refractivity contribution in [2.24, 2.45) is 0 Å². The summed E-state index contributed by atoms with van der Waals surface area (Å²) in [6.45, 7) is 7.11. The highest BCUT2D eigenvalue weighted by molar-refractivity contribution is 5.78. The van der Waals surface area contributed by atoms with Crippen molar-refractivity contribution in [2.75, 3.05) is 13.2 Å². The smallest absolute Gasteiger partial charge is 0.327 e. The van der Waals surface area contributed by atoms with Gasteiger partial charge in [0, 0.05) is 12.5 Å². The zero-order valence-electron chi connectivity index (χ0n) is 12.4. The van der Waals surface area contributed by atoms with Gasteiger partial charge in [-0.2, -0.15) is 0 Å². The molecule has 2 rings (SSSR count). The SMILES string of the molecule is CCOC(=O)C(NC(C)CC)c1ccc2c(c1)CCO2. The Labute approximate surface area is 120 Å². The number of nitrogens with one attached hydrogen (secondary N) is 1. The molecule has 0 aliphatic carbocycles. The van der Waals surface area contributed by atoms with Gasteiger partial charge in [-0.1, -0.05) is 13.0 Å². The average Bonchev–Trinajstić information content (AvgIpc) is 2.91. The number of rotatable bonds is 6. The second-order valence-corrected chi connectivity index (χ2v) is 5.13. The number of ether oxygens (including phenoxy) is 2. The zero-order valence-corrected chi connectivity index (χ0v) is 12.4. The first kappa shape index (κ1) is 14.9. The molecule has 1 aliphatic heterocycles. The third-order valence-electron chi connectivity index (χ3n) is 3.63. The van der Waals surface area contributed by atoms with Gasteiger partial charge in [0.25, 0.3) is 0 Å². The summed E-state index contributed by atoms with van der Waals surface area (Å²) in [5, 5.41) is 3.34. The zero-order chi connectivity index (χ0) is 14.5. The van der Waals surface area contributed by atoms with Gasteiger partial charge in [-0.15, -0.1) is 0 Å². The van der Waals surface area contributed by atoms with E-state index in [2.05, 4.69) is 25.2 Å². The quantitative estimate of drug-likeness (QED) is 0.812. The summed E-state index contributed by atoms with van der Waals surface area (Å²) in [6.07, 6.45) is 1.87. The maximum Gasteiger partial charge on any atom is 0.327 e. The number of carbonyl (C=O) groups excluding carboxylic acids is 1. The van der Waals surface area contributed by atoms with Crippen molar-refractivity contribution in [3.63, 3.8) is 0 Å². The van der Waals surface area contributed by atoms with E-state index < -0.39 is 6.04 Å². The van der Waals surface area contributed by atoms with Crippen LogP contribution >= 0.6 is 0 Å². The van der Waals surface area contributed by atoms with E-state index in [1.807, 2.05) is 19.1 Å². The maximum atomic E-state index is 12.2. The van der Waals surface area contributed by atoms with E-state index in [4.69, 9.17) is 9.47 Å². The van der Waals surface area contributed by atoms with Gasteiger partial charge in [-0.05, 0) is 43.5 Å². The van der Waals surface area contributed by atoms with Gasteiger partial charge < -0.3 is 9.47 Å². The van der Waals surface area contributed by atoms with E-state index in [0.29, 0.717) is 6.61 Å². The Bertz CT molecular complexity index is 473. The molecular formula is C16H23NO3. The summed E-state index contributed by atoms with van der Waals surface area (Å²) in [5.74, 6) is 0.714. The highest BCUT2D eigenvalue weighted by Crippen LogP contribution is 2.28. The lowest BCUT2D eigenvalue weighted by molar-refractivity contribution is -0.146. The predicted octanol–water partition coefficient (Wildman–Crippen LogP) is 2.61. The topological polar surface area (TPSA) is 47.6 Å². The third kappa shape index (κ3) is 3.31. The lowest BCUT2D eigenvalue weighted by atomic mass is 10.0. The summed E-state index contributed by atoms with van der Waals surface area (Å²) in [6, 6.07) is 5.80.